The van der Waals surface area contributed by atoms with Crippen molar-refractivity contribution in [2.24, 2.45) is 32.2 Å². The van der Waals surface area contributed by atoms with Crippen LogP contribution in [0, 0.1) is 5.41 Å². The molecule has 1 unspecified atom stereocenters. The molecule has 0 bridgehead atoms. The normalized spacial score (nSPS) is 10.7. The average molecular weight is 162 g/mol. The molecule has 1 atom stereocenters. The molecule has 0 aliphatic carbocycles. The quantitative estimate of drug-likeness (QED) is 0.183. The summed E-state index contributed by atoms with van der Waals surface area (Å²) in [6, 6.07) is 0. The van der Waals surface area contributed by atoms with Gasteiger partial charge >= 0.3 is 8.01 Å². The first-order chi connectivity index (χ1) is 4.52. The fourth-order valence-electron chi connectivity index (χ4n) is 0.251. The Morgan fingerprint density at radius 3 is 2.10 bits per heavy atom. The van der Waals surface area contributed by atoms with Crippen LogP contribution in [0.1, 0.15) is 0 Å². The van der Waals surface area contributed by atoms with Gasteiger partial charge in [-0.15, -0.1) is 5.50 Å². The van der Waals surface area contributed by atoms with E-state index in [2.05, 4.69) is 9.51 Å². The van der Waals surface area contributed by atoms with Gasteiger partial charge in [0, 0.05) is 9.51 Å². The summed E-state index contributed by atoms with van der Waals surface area (Å²) in [6.07, 6.45) is 0. The van der Waals surface area contributed by atoms with Crippen LogP contribution >= 0.6 is 8.01 Å². The lowest BCUT2D eigenvalue weighted by molar-refractivity contribution is 1.39. The standard InChI is InChI=1S/C2H9N7P/c3-1(4)8-10(7)9-2(5)6/h(H9,3,4,5,6,7,8,9)/q+1. The highest BCUT2D eigenvalue weighted by Crippen LogP contribution is 2.14. The predicted molar refractivity (Wildman–Crippen MR) is 41.3 cm³/mol. The fraction of sp³-hybridized carbons (Fsp3) is 0. The van der Waals surface area contributed by atoms with Gasteiger partial charge < -0.3 is 17.2 Å². The van der Waals surface area contributed by atoms with Crippen molar-refractivity contribution in [3.63, 3.8) is 0 Å². The third-order valence-corrected chi connectivity index (χ3v) is 1.28. The average Bonchev–Trinajstić information content (AvgIpc) is 1.58. The van der Waals surface area contributed by atoms with Gasteiger partial charge in [0.25, 0.3) is 5.96 Å². The van der Waals surface area contributed by atoms with Crippen LogP contribution < -0.4 is 22.7 Å². The number of hydrogen-bond donors (Lipinski definition) is 5. The van der Waals surface area contributed by atoms with Gasteiger partial charge in [-0.05, 0) is 0 Å². The van der Waals surface area contributed by atoms with Crippen molar-refractivity contribution in [3.8, 4) is 0 Å². The van der Waals surface area contributed by atoms with Crippen molar-refractivity contribution in [2.75, 3.05) is 0 Å². The lowest BCUT2D eigenvalue weighted by Crippen LogP contribution is -2.22. The molecule has 0 heterocycles. The van der Waals surface area contributed by atoms with E-state index in [1.807, 2.05) is 0 Å². The molecule has 8 heteroatoms. The largest absolute Gasteiger partial charge is 0.458 e. The Morgan fingerprint density at radius 1 is 1.30 bits per heavy atom. The first kappa shape index (κ1) is 8.80. The maximum atomic E-state index is 6.67. The van der Waals surface area contributed by atoms with E-state index in [1.165, 1.54) is 0 Å². The molecule has 0 aliphatic heterocycles. The molecule has 0 aromatic carbocycles. The van der Waals surface area contributed by atoms with Gasteiger partial charge in [0.2, 0.25) is 5.96 Å². The third kappa shape index (κ3) is 4.95. The van der Waals surface area contributed by atoms with Crippen LogP contribution in [-0.4, -0.2) is 11.9 Å². The zero-order valence-electron chi connectivity index (χ0n) is 5.15. The molecule has 10 heavy (non-hydrogen) atoms. The zero-order chi connectivity index (χ0) is 8.15. The van der Waals surface area contributed by atoms with Crippen LogP contribution in [0.15, 0.2) is 9.51 Å². The molecule has 0 saturated carbocycles. The number of nitrogens with zero attached hydrogens (tertiary/aromatic N) is 2. The first-order valence-corrected chi connectivity index (χ1v) is 3.54. The molecule has 0 radical (unpaired) electrons. The molecule has 0 fully saturated rings. The van der Waals surface area contributed by atoms with Gasteiger partial charge in [-0.1, -0.05) is 0 Å². The Hall–Kier alpha value is -1.20. The van der Waals surface area contributed by atoms with Crippen LogP contribution in [0.3, 0.4) is 0 Å². The predicted octanol–water partition coefficient (Wildman–Crippen LogP) is -1.39. The van der Waals surface area contributed by atoms with E-state index < -0.39 is 8.01 Å². The highest BCUT2D eigenvalue weighted by molar-refractivity contribution is 7.43. The van der Waals surface area contributed by atoms with E-state index in [0.717, 1.165) is 0 Å². The highest BCUT2D eigenvalue weighted by atomic mass is 31.1. The minimum atomic E-state index is -1.55. The number of rotatable bonds is 1. The van der Waals surface area contributed by atoms with Crippen molar-refractivity contribution in [1.29, 1.82) is 5.41 Å². The van der Waals surface area contributed by atoms with Crippen LogP contribution in [0.25, 0.3) is 0 Å². The minimum Gasteiger partial charge on any atom is -0.367 e. The van der Waals surface area contributed by atoms with E-state index in [0.29, 0.717) is 0 Å². The zero-order valence-corrected chi connectivity index (χ0v) is 6.05. The Bertz CT molecular complexity index is 188. The fourth-order valence-corrected chi connectivity index (χ4v) is 0.753. The molecule has 0 saturated heterocycles. The van der Waals surface area contributed by atoms with Gasteiger partial charge in [-0.25, -0.2) is 0 Å². The Kier molecular flexibility index (Phi) is 3.30. The molecule has 0 aromatic rings. The van der Waals surface area contributed by atoms with Crippen molar-refractivity contribution >= 4 is 19.9 Å². The molecule has 0 amide bonds. The van der Waals surface area contributed by atoms with Gasteiger partial charge in [0.1, 0.15) is 0 Å². The molecular formula is C2H9N7P+. The Morgan fingerprint density at radius 2 is 1.80 bits per heavy atom. The molecule has 9 N–H and O–H groups in total. The van der Waals surface area contributed by atoms with Crippen molar-refractivity contribution in [3.05, 3.63) is 0 Å². The summed E-state index contributed by atoms with van der Waals surface area (Å²) < 4.78 is 6.82. The number of guanidine groups is 2. The summed E-state index contributed by atoms with van der Waals surface area (Å²) in [5.41, 5.74) is 20.0. The summed E-state index contributed by atoms with van der Waals surface area (Å²) in [6.45, 7) is 0. The lowest BCUT2D eigenvalue weighted by Gasteiger charge is -1.78. The van der Waals surface area contributed by atoms with Crippen LogP contribution in [-0.2, 0) is 0 Å². The Labute approximate surface area is 58.6 Å². The molecule has 0 aliphatic rings. The van der Waals surface area contributed by atoms with Crippen molar-refractivity contribution in [1.82, 2.24) is 0 Å². The van der Waals surface area contributed by atoms with Crippen molar-refractivity contribution < 1.29 is 0 Å². The molecule has 0 spiro atoms. The maximum Gasteiger partial charge on any atom is 0.458 e. The van der Waals surface area contributed by atoms with Gasteiger partial charge in [-0.3, -0.25) is 5.41 Å². The highest BCUT2D eigenvalue weighted by Gasteiger charge is 2.04. The smallest absolute Gasteiger partial charge is 0.367 e. The lowest BCUT2D eigenvalue weighted by atomic mass is 11.1. The first-order valence-electron chi connectivity index (χ1n) is 2.22. The molecule has 0 rings (SSSR count). The number of hydrogen-bond acceptors (Lipinski definition) is 1. The Balaban J connectivity index is 4.22. The van der Waals surface area contributed by atoms with E-state index in [1.54, 1.807) is 0 Å². The van der Waals surface area contributed by atoms with Crippen LogP contribution in [0.5, 0.6) is 0 Å². The summed E-state index contributed by atoms with van der Waals surface area (Å²) in [4.78, 5) is 0. The van der Waals surface area contributed by atoms with Gasteiger partial charge in [0.15, 0.2) is 0 Å². The van der Waals surface area contributed by atoms with Crippen molar-refractivity contribution in [2.45, 2.75) is 0 Å². The van der Waals surface area contributed by atoms with Crippen LogP contribution in [0.2, 0.25) is 0 Å². The second kappa shape index (κ2) is 3.76. The van der Waals surface area contributed by atoms with E-state index in [-0.39, 0.29) is 11.9 Å². The van der Waals surface area contributed by atoms with E-state index >= 15 is 0 Å². The number of nitrogens with one attached hydrogen (secondary N) is 1. The van der Waals surface area contributed by atoms with Gasteiger partial charge in [0.05, 0.1) is 0 Å². The van der Waals surface area contributed by atoms with Crippen LogP contribution in [0.4, 0.5) is 0 Å². The second-order valence-electron chi connectivity index (χ2n) is 1.33. The molecule has 0 aromatic heterocycles. The summed E-state index contributed by atoms with van der Waals surface area (Å²) in [5.74, 6) is -0.530. The van der Waals surface area contributed by atoms with Gasteiger partial charge in [-0.2, -0.15) is 0 Å². The summed E-state index contributed by atoms with van der Waals surface area (Å²) in [5, 5.41) is 6.67. The van der Waals surface area contributed by atoms with E-state index in [4.69, 9.17) is 28.1 Å². The SMILES string of the molecule is N=C(N)N=[P+](N)N=C(N)N. The molecule has 56 valence electrons. The summed E-state index contributed by atoms with van der Waals surface area (Å²) >= 11 is 0. The topological polar surface area (TPSA) is 153 Å². The summed E-state index contributed by atoms with van der Waals surface area (Å²) in [7, 11) is -1.55. The minimum absolute atomic E-state index is 0.154. The second-order valence-corrected chi connectivity index (χ2v) is 2.37. The third-order valence-electron chi connectivity index (χ3n) is 0.428. The molecular weight excluding hydrogens is 153 g/mol. The number of nitrogens with two attached hydrogens (primary N) is 4. The molecule has 7 nitrogen and oxygen atoms in total. The van der Waals surface area contributed by atoms with E-state index in [9.17, 15) is 0 Å². The monoisotopic (exact) mass is 162 g/mol. The maximum absolute atomic E-state index is 6.67.